The highest BCUT2D eigenvalue weighted by Gasteiger charge is 2.48. The van der Waals surface area contributed by atoms with Crippen LogP contribution in [-0.4, -0.2) is 46.3 Å². The van der Waals surface area contributed by atoms with Gasteiger partial charge in [0.1, 0.15) is 6.10 Å². The number of furan rings is 1. The Labute approximate surface area is 135 Å². The Morgan fingerprint density at radius 3 is 3.09 bits per heavy atom. The third-order valence-corrected chi connectivity index (χ3v) is 4.50. The van der Waals surface area contributed by atoms with Gasteiger partial charge in [-0.3, -0.25) is 4.90 Å². The van der Waals surface area contributed by atoms with E-state index in [9.17, 15) is 0 Å². The Bertz CT molecular complexity index is 653. The quantitative estimate of drug-likeness (QED) is 0.862. The molecule has 2 aliphatic rings. The van der Waals surface area contributed by atoms with Gasteiger partial charge in [0.2, 0.25) is 0 Å². The van der Waals surface area contributed by atoms with E-state index in [-0.39, 0.29) is 11.7 Å². The van der Waals surface area contributed by atoms with Gasteiger partial charge in [0.25, 0.3) is 0 Å². The highest BCUT2D eigenvalue weighted by molar-refractivity contribution is 5.10. The molecule has 6 nitrogen and oxygen atoms in total. The molecule has 122 valence electrons. The number of aryl methyl sites for hydroxylation is 1. The van der Waals surface area contributed by atoms with Crippen molar-refractivity contribution in [2.24, 2.45) is 0 Å². The van der Waals surface area contributed by atoms with Crippen molar-refractivity contribution >= 4 is 0 Å². The molecule has 1 spiro atoms. The second kappa shape index (κ2) is 5.94. The molecule has 0 aromatic carbocycles. The van der Waals surface area contributed by atoms with E-state index in [0.717, 1.165) is 44.8 Å². The van der Waals surface area contributed by atoms with E-state index >= 15 is 0 Å². The Morgan fingerprint density at radius 2 is 2.30 bits per heavy atom. The van der Waals surface area contributed by atoms with Gasteiger partial charge in [0.05, 0.1) is 24.7 Å². The van der Waals surface area contributed by atoms with Crippen LogP contribution in [0.25, 0.3) is 0 Å². The van der Waals surface area contributed by atoms with E-state index in [1.54, 1.807) is 18.7 Å². The SMILES string of the molecule is Cc1ccnc(O[C@H]2CCOC3(C2)CN(Cc2ccoc2)C3)n1. The molecule has 4 rings (SSSR count). The second-order valence-corrected chi connectivity index (χ2v) is 6.52. The molecule has 0 unspecified atom stereocenters. The van der Waals surface area contributed by atoms with Gasteiger partial charge in [-0.15, -0.1) is 0 Å². The summed E-state index contributed by atoms with van der Waals surface area (Å²) >= 11 is 0. The van der Waals surface area contributed by atoms with E-state index in [0.29, 0.717) is 6.01 Å². The summed E-state index contributed by atoms with van der Waals surface area (Å²) < 4.78 is 17.2. The van der Waals surface area contributed by atoms with E-state index in [2.05, 4.69) is 14.9 Å². The van der Waals surface area contributed by atoms with Crippen LogP contribution in [0.2, 0.25) is 0 Å². The molecule has 1 atom stereocenters. The predicted molar refractivity (Wildman–Crippen MR) is 83.1 cm³/mol. The number of likely N-dealkylation sites (tertiary alicyclic amines) is 1. The van der Waals surface area contributed by atoms with Crippen LogP contribution in [-0.2, 0) is 11.3 Å². The van der Waals surface area contributed by atoms with Gasteiger partial charge < -0.3 is 13.9 Å². The van der Waals surface area contributed by atoms with Crippen molar-refractivity contribution in [2.45, 2.75) is 38.0 Å². The summed E-state index contributed by atoms with van der Waals surface area (Å²) in [5, 5.41) is 0. The number of ether oxygens (including phenoxy) is 2. The average molecular weight is 315 g/mol. The fraction of sp³-hybridized carbons (Fsp3) is 0.529. The molecule has 2 aliphatic heterocycles. The molecular formula is C17H21N3O3. The molecule has 4 heterocycles. The van der Waals surface area contributed by atoms with Crippen molar-refractivity contribution in [1.82, 2.24) is 14.9 Å². The van der Waals surface area contributed by atoms with Crippen LogP contribution in [0.5, 0.6) is 6.01 Å². The van der Waals surface area contributed by atoms with Crippen molar-refractivity contribution < 1.29 is 13.9 Å². The first-order chi connectivity index (χ1) is 11.2. The van der Waals surface area contributed by atoms with Gasteiger partial charge in [-0.2, -0.15) is 0 Å². The highest BCUT2D eigenvalue weighted by atomic mass is 16.5. The molecule has 0 N–H and O–H groups in total. The van der Waals surface area contributed by atoms with Crippen molar-refractivity contribution in [3.8, 4) is 6.01 Å². The van der Waals surface area contributed by atoms with Gasteiger partial charge >= 0.3 is 6.01 Å². The Balaban J connectivity index is 1.33. The topological polar surface area (TPSA) is 60.6 Å². The Hall–Kier alpha value is -1.92. The standard InChI is InChI=1S/C17H21N3O3/c1-13-2-5-18-16(19-13)23-15-4-7-22-17(8-15)11-20(12-17)9-14-3-6-21-10-14/h2-3,5-6,10,15H,4,7-9,11-12H2,1H3/t15-/m0/s1. The lowest BCUT2D eigenvalue weighted by Crippen LogP contribution is -2.65. The number of hydrogen-bond donors (Lipinski definition) is 0. The van der Waals surface area contributed by atoms with Gasteiger partial charge in [-0.05, 0) is 19.1 Å². The zero-order chi connectivity index (χ0) is 15.7. The van der Waals surface area contributed by atoms with Gasteiger partial charge in [-0.1, -0.05) is 0 Å². The van der Waals surface area contributed by atoms with Crippen LogP contribution >= 0.6 is 0 Å². The lowest BCUT2D eigenvalue weighted by Gasteiger charge is -2.52. The maximum absolute atomic E-state index is 6.06. The minimum atomic E-state index is -0.0729. The second-order valence-electron chi connectivity index (χ2n) is 6.52. The van der Waals surface area contributed by atoms with E-state index < -0.39 is 0 Å². The normalized spacial score (nSPS) is 23.6. The first-order valence-corrected chi connectivity index (χ1v) is 8.05. The fourth-order valence-corrected chi connectivity index (χ4v) is 3.46. The smallest absolute Gasteiger partial charge is 0.316 e. The van der Waals surface area contributed by atoms with Crippen LogP contribution in [0.15, 0.2) is 35.3 Å². The van der Waals surface area contributed by atoms with Crippen molar-refractivity contribution in [3.63, 3.8) is 0 Å². The molecule has 0 radical (unpaired) electrons. The van der Waals surface area contributed by atoms with Crippen LogP contribution in [0.4, 0.5) is 0 Å². The molecule has 23 heavy (non-hydrogen) atoms. The van der Waals surface area contributed by atoms with Crippen LogP contribution < -0.4 is 4.74 Å². The molecular weight excluding hydrogens is 294 g/mol. The van der Waals surface area contributed by atoms with E-state index in [4.69, 9.17) is 13.9 Å². The average Bonchev–Trinajstić information content (AvgIpc) is 2.99. The fourth-order valence-electron chi connectivity index (χ4n) is 3.46. The van der Waals surface area contributed by atoms with Gasteiger partial charge in [0.15, 0.2) is 0 Å². The molecule has 6 heteroatoms. The molecule has 2 aromatic heterocycles. The molecule has 0 aliphatic carbocycles. The molecule has 2 aromatic rings. The first-order valence-electron chi connectivity index (χ1n) is 8.05. The van der Waals surface area contributed by atoms with Gasteiger partial charge in [0, 0.05) is 49.9 Å². The molecule has 0 bridgehead atoms. The molecule has 2 saturated heterocycles. The van der Waals surface area contributed by atoms with Crippen molar-refractivity contribution in [1.29, 1.82) is 0 Å². The summed E-state index contributed by atoms with van der Waals surface area (Å²) in [6.45, 7) is 5.46. The Morgan fingerprint density at radius 1 is 1.39 bits per heavy atom. The first kappa shape index (κ1) is 14.7. The summed E-state index contributed by atoms with van der Waals surface area (Å²) in [7, 11) is 0. The third-order valence-electron chi connectivity index (χ3n) is 4.50. The van der Waals surface area contributed by atoms with Crippen LogP contribution in [0.1, 0.15) is 24.1 Å². The number of nitrogens with zero attached hydrogens (tertiary/aromatic N) is 3. The predicted octanol–water partition coefficient (Wildman–Crippen LogP) is 2.19. The van der Waals surface area contributed by atoms with Crippen LogP contribution in [0, 0.1) is 6.92 Å². The minimum absolute atomic E-state index is 0.0729. The largest absolute Gasteiger partial charge is 0.472 e. The lowest BCUT2D eigenvalue weighted by atomic mass is 9.84. The zero-order valence-corrected chi connectivity index (χ0v) is 13.3. The van der Waals surface area contributed by atoms with Crippen molar-refractivity contribution in [3.05, 3.63) is 42.1 Å². The molecule has 0 saturated carbocycles. The molecule has 2 fully saturated rings. The lowest BCUT2D eigenvalue weighted by molar-refractivity contribution is -0.188. The monoisotopic (exact) mass is 315 g/mol. The zero-order valence-electron chi connectivity index (χ0n) is 13.3. The highest BCUT2D eigenvalue weighted by Crippen LogP contribution is 2.36. The summed E-state index contributed by atoms with van der Waals surface area (Å²) in [4.78, 5) is 10.9. The summed E-state index contributed by atoms with van der Waals surface area (Å²) in [6, 6.07) is 4.35. The van der Waals surface area contributed by atoms with E-state index in [1.807, 2.05) is 19.1 Å². The van der Waals surface area contributed by atoms with Crippen molar-refractivity contribution in [2.75, 3.05) is 19.7 Å². The summed E-state index contributed by atoms with van der Waals surface area (Å²) in [5.41, 5.74) is 2.06. The maximum atomic E-state index is 6.06. The minimum Gasteiger partial charge on any atom is -0.472 e. The number of aromatic nitrogens is 2. The number of hydrogen-bond acceptors (Lipinski definition) is 6. The Kier molecular flexibility index (Phi) is 3.79. The van der Waals surface area contributed by atoms with Crippen LogP contribution in [0.3, 0.4) is 0 Å². The third kappa shape index (κ3) is 3.23. The summed E-state index contributed by atoms with van der Waals surface area (Å²) in [5.74, 6) is 0. The van der Waals surface area contributed by atoms with Gasteiger partial charge in [-0.25, -0.2) is 9.97 Å². The van der Waals surface area contributed by atoms with E-state index in [1.165, 1.54) is 5.56 Å². The molecule has 0 amide bonds. The number of rotatable bonds is 4. The maximum Gasteiger partial charge on any atom is 0.316 e. The summed E-state index contributed by atoms with van der Waals surface area (Å²) in [6.07, 6.45) is 7.17.